The number of piperazine rings is 1. The molecule has 230 valence electrons. The van der Waals surface area contributed by atoms with Crippen LogP contribution in [0.1, 0.15) is 79.7 Å². The molecule has 44 heavy (non-hydrogen) atoms. The first-order chi connectivity index (χ1) is 21.3. The number of pyridine rings is 2. The highest BCUT2D eigenvalue weighted by Crippen LogP contribution is 2.35. The van der Waals surface area contributed by atoms with Crippen LogP contribution < -0.4 is 10.1 Å². The summed E-state index contributed by atoms with van der Waals surface area (Å²) in [5.74, 6) is 0.614. The van der Waals surface area contributed by atoms with Crippen LogP contribution in [0.3, 0.4) is 0 Å². The molecule has 11 heteroatoms. The molecule has 2 saturated heterocycles. The number of halogens is 2. The van der Waals surface area contributed by atoms with Crippen LogP contribution >= 0.6 is 23.2 Å². The second-order valence-corrected chi connectivity index (χ2v) is 12.4. The van der Waals surface area contributed by atoms with E-state index in [1.54, 1.807) is 24.7 Å². The first-order valence-corrected chi connectivity index (χ1v) is 15.8. The number of aromatic nitrogens is 4. The van der Waals surface area contributed by atoms with Crippen LogP contribution in [-0.4, -0.2) is 62.3 Å². The van der Waals surface area contributed by atoms with E-state index in [-0.39, 0.29) is 24.2 Å². The Hall–Kier alpha value is -3.50. The lowest BCUT2D eigenvalue weighted by molar-refractivity contribution is -0.0367. The molecule has 2 aliphatic heterocycles. The Labute approximate surface area is 267 Å². The molecule has 6 rings (SSSR count). The summed E-state index contributed by atoms with van der Waals surface area (Å²) in [5.41, 5.74) is 3.72. The SMILES string of the molecule is CC1CN(C(=O)c2ccc(/C=C/c3nn(C4CCCCO4)c4ccc(O[C@H](C)c5c(Cl)cncc5Cl)cc34)cn2)CC(C)N1. The van der Waals surface area contributed by atoms with Crippen molar-refractivity contribution in [2.24, 2.45) is 0 Å². The molecule has 0 bridgehead atoms. The average molecular weight is 636 g/mol. The third kappa shape index (κ3) is 6.61. The maximum absolute atomic E-state index is 13.1. The van der Waals surface area contributed by atoms with Crippen molar-refractivity contribution >= 4 is 52.2 Å². The fourth-order valence-electron chi connectivity index (χ4n) is 6.01. The van der Waals surface area contributed by atoms with Crippen LogP contribution in [0, 0.1) is 0 Å². The molecule has 0 radical (unpaired) electrons. The standard InChI is InChI=1S/C33H36Cl2N6O3/c1-20-18-40(19-21(2)38-20)33(42)29-11-8-23(15-37-29)7-10-28-25-14-24(44-22(3)32-26(34)16-36-17-27(32)35)9-12-30(25)41(39-28)31-6-4-5-13-43-31/h7-12,14-17,20-22,31,38H,4-6,13,18-19H2,1-3H3/b10-7+/t20?,21?,22-,31?/m1/s1. The lowest BCUT2D eigenvalue weighted by Gasteiger charge is -2.35. The van der Waals surface area contributed by atoms with Gasteiger partial charge < -0.3 is 19.7 Å². The number of nitrogens with zero attached hydrogens (tertiary/aromatic N) is 5. The predicted octanol–water partition coefficient (Wildman–Crippen LogP) is 6.97. The van der Waals surface area contributed by atoms with E-state index in [2.05, 4.69) is 29.1 Å². The van der Waals surface area contributed by atoms with Crippen LogP contribution in [0.15, 0.2) is 48.9 Å². The Kier molecular flexibility index (Phi) is 9.18. The Bertz CT molecular complexity index is 1640. The lowest BCUT2D eigenvalue weighted by atomic mass is 10.1. The normalized spacial score (nSPS) is 21.6. The molecule has 1 aromatic carbocycles. The van der Waals surface area contributed by atoms with E-state index in [0.717, 1.165) is 41.4 Å². The Morgan fingerprint density at radius 3 is 2.52 bits per heavy atom. The summed E-state index contributed by atoms with van der Waals surface area (Å²) in [7, 11) is 0. The molecule has 4 aromatic rings. The van der Waals surface area contributed by atoms with Gasteiger partial charge in [0.05, 0.1) is 21.3 Å². The van der Waals surface area contributed by atoms with Crippen LogP contribution in [0.4, 0.5) is 0 Å². The minimum atomic E-state index is -0.397. The maximum Gasteiger partial charge on any atom is 0.272 e. The molecule has 3 aromatic heterocycles. The summed E-state index contributed by atoms with van der Waals surface area (Å²) in [6.45, 7) is 8.13. The maximum atomic E-state index is 13.1. The molecule has 0 spiro atoms. The molecule has 2 aliphatic rings. The number of carbonyl (C=O) groups excluding carboxylic acids is 1. The molecule has 9 nitrogen and oxygen atoms in total. The molecule has 5 heterocycles. The van der Waals surface area contributed by atoms with Gasteiger partial charge in [-0.05, 0) is 75.9 Å². The highest BCUT2D eigenvalue weighted by Gasteiger charge is 2.26. The highest BCUT2D eigenvalue weighted by atomic mass is 35.5. The van der Waals surface area contributed by atoms with E-state index >= 15 is 0 Å². The summed E-state index contributed by atoms with van der Waals surface area (Å²) >= 11 is 12.8. The molecular weight excluding hydrogens is 599 g/mol. The van der Waals surface area contributed by atoms with E-state index in [1.807, 2.05) is 52.9 Å². The van der Waals surface area contributed by atoms with Gasteiger partial charge in [-0.1, -0.05) is 35.3 Å². The number of hydrogen-bond acceptors (Lipinski definition) is 7. The quantitative estimate of drug-likeness (QED) is 0.235. The summed E-state index contributed by atoms with van der Waals surface area (Å²) < 4.78 is 14.4. The van der Waals surface area contributed by atoms with Gasteiger partial charge in [0.15, 0.2) is 6.23 Å². The fourth-order valence-corrected chi connectivity index (χ4v) is 6.68. The van der Waals surface area contributed by atoms with Gasteiger partial charge in [-0.25, -0.2) is 4.68 Å². The minimum Gasteiger partial charge on any atom is -0.486 e. The summed E-state index contributed by atoms with van der Waals surface area (Å²) in [6.07, 6.45) is 11.3. The largest absolute Gasteiger partial charge is 0.486 e. The number of hydrogen-bond donors (Lipinski definition) is 1. The minimum absolute atomic E-state index is 0.0472. The average Bonchev–Trinajstić information content (AvgIpc) is 3.37. The molecule has 1 amide bonds. The van der Waals surface area contributed by atoms with Gasteiger partial charge in [0.1, 0.15) is 17.5 Å². The van der Waals surface area contributed by atoms with E-state index in [4.69, 9.17) is 37.8 Å². The monoisotopic (exact) mass is 634 g/mol. The number of nitrogens with one attached hydrogen (secondary N) is 1. The zero-order chi connectivity index (χ0) is 30.8. The molecule has 0 aliphatic carbocycles. The lowest BCUT2D eigenvalue weighted by Crippen LogP contribution is -2.55. The third-order valence-electron chi connectivity index (χ3n) is 8.03. The van der Waals surface area contributed by atoms with Crippen molar-refractivity contribution in [1.29, 1.82) is 0 Å². The Morgan fingerprint density at radius 1 is 1.07 bits per heavy atom. The van der Waals surface area contributed by atoms with Crippen molar-refractivity contribution in [1.82, 2.24) is 30.0 Å². The third-order valence-corrected chi connectivity index (χ3v) is 8.63. The summed E-state index contributed by atoms with van der Waals surface area (Å²) in [4.78, 5) is 23.5. The highest BCUT2D eigenvalue weighted by molar-refractivity contribution is 6.35. The topological polar surface area (TPSA) is 94.4 Å². The second kappa shape index (κ2) is 13.2. The number of fused-ring (bicyclic) bond motifs is 1. The van der Waals surface area contributed by atoms with Crippen molar-refractivity contribution in [2.75, 3.05) is 19.7 Å². The van der Waals surface area contributed by atoms with E-state index in [1.165, 1.54) is 0 Å². The van der Waals surface area contributed by atoms with Gasteiger partial charge in [-0.2, -0.15) is 5.10 Å². The van der Waals surface area contributed by atoms with Crippen LogP contribution in [0.2, 0.25) is 10.0 Å². The predicted molar refractivity (Wildman–Crippen MR) is 173 cm³/mol. The van der Waals surface area contributed by atoms with Gasteiger partial charge in [0.25, 0.3) is 5.91 Å². The Morgan fingerprint density at radius 2 is 1.84 bits per heavy atom. The van der Waals surface area contributed by atoms with Gasteiger partial charge in [-0.15, -0.1) is 0 Å². The van der Waals surface area contributed by atoms with Crippen molar-refractivity contribution in [3.63, 3.8) is 0 Å². The number of amides is 1. The van der Waals surface area contributed by atoms with Gasteiger partial charge in [0, 0.05) is 61.3 Å². The van der Waals surface area contributed by atoms with Crippen molar-refractivity contribution in [3.8, 4) is 5.75 Å². The summed E-state index contributed by atoms with van der Waals surface area (Å²) in [6, 6.07) is 10.1. The molecular formula is C33H36Cl2N6O3. The van der Waals surface area contributed by atoms with Crippen molar-refractivity contribution < 1.29 is 14.3 Å². The molecule has 0 saturated carbocycles. The van der Waals surface area contributed by atoms with Crippen molar-refractivity contribution in [2.45, 2.75) is 64.4 Å². The van der Waals surface area contributed by atoms with Gasteiger partial charge in [-0.3, -0.25) is 14.8 Å². The number of benzene rings is 1. The van der Waals surface area contributed by atoms with Gasteiger partial charge in [0.2, 0.25) is 0 Å². The Balaban J connectivity index is 1.27. The second-order valence-electron chi connectivity index (χ2n) is 11.6. The molecule has 1 N–H and O–H groups in total. The molecule has 4 atom stereocenters. The number of ether oxygens (including phenoxy) is 2. The van der Waals surface area contributed by atoms with Crippen LogP contribution in [-0.2, 0) is 4.74 Å². The van der Waals surface area contributed by atoms with Crippen LogP contribution in [0.25, 0.3) is 23.1 Å². The number of carbonyl (C=O) groups is 1. The first kappa shape index (κ1) is 30.5. The first-order valence-electron chi connectivity index (χ1n) is 15.1. The summed E-state index contributed by atoms with van der Waals surface area (Å²) in [5, 5.41) is 10.3. The van der Waals surface area contributed by atoms with Crippen molar-refractivity contribution in [3.05, 3.63) is 81.5 Å². The van der Waals surface area contributed by atoms with Gasteiger partial charge >= 0.3 is 0 Å². The zero-order valence-electron chi connectivity index (χ0n) is 25.0. The van der Waals surface area contributed by atoms with E-state index in [9.17, 15) is 4.79 Å². The molecule has 2 fully saturated rings. The number of rotatable bonds is 7. The van der Waals surface area contributed by atoms with Crippen LogP contribution in [0.5, 0.6) is 5.75 Å². The van der Waals surface area contributed by atoms with E-state index < -0.39 is 6.10 Å². The smallest absolute Gasteiger partial charge is 0.272 e. The van der Waals surface area contributed by atoms with E-state index in [0.29, 0.717) is 46.7 Å². The molecule has 3 unspecified atom stereocenters. The fraction of sp³-hybridized carbons (Fsp3) is 0.394. The zero-order valence-corrected chi connectivity index (χ0v) is 26.6.